The SMILES string of the molecule is CC(C)(C)OC(=O)n1cccc1C1=CC2COCC(C1)N2C(=O)OCC1c2ccccc2-c2ccccc21. The summed E-state index contributed by atoms with van der Waals surface area (Å²) in [5.41, 5.74) is 5.97. The van der Waals surface area contributed by atoms with Crippen LogP contribution in [0.3, 0.4) is 0 Å². The highest BCUT2D eigenvalue weighted by molar-refractivity contribution is 5.81. The van der Waals surface area contributed by atoms with E-state index < -0.39 is 11.7 Å². The van der Waals surface area contributed by atoms with E-state index in [0.717, 1.165) is 11.3 Å². The normalized spacial score (nSPS) is 20.4. The molecule has 2 aromatic carbocycles. The number of rotatable bonds is 3. The van der Waals surface area contributed by atoms with Gasteiger partial charge in [-0.15, -0.1) is 0 Å². The summed E-state index contributed by atoms with van der Waals surface area (Å²) >= 11 is 0. The molecule has 1 amide bonds. The molecule has 3 aromatic rings. The van der Waals surface area contributed by atoms with Crippen LogP contribution in [-0.2, 0) is 14.2 Å². The summed E-state index contributed by atoms with van der Waals surface area (Å²) in [5.74, 6) is 0.00967. The standard InChI is InChI=1S/C31H32N2O5/c1-31(2,3)38-29(34)32-14-8-13-28(32)20-15-21-17-36-18-22(16-20)33(21)30(35)37-19-27-25-11-6-4-9-23(25)24-10-5-7-12-26(24)27/h4-15,21-22,27H,16-19H2,1-3H3. The molecule has 7 nitrogen and oxygen atoms in total. The van der Waals surface area contributed by atoms with Gasteiger partial charge in [0.15, 0.2) is 0 Å². The van der Waals surface area contributed by atoms with Crippen molar-refractivity contribution in [2.24, 2.45) is 0 Å². The number of fused-ring (bicyclic) bond motifs is 5. The monoisotopic (exact) mass is 512 g/mol. The minimum atomic E-state index is -0.592. The third-order valence-electron chi connectivity index (χ3n) is 7.41. The molecular formula is C31H32N2O5. The number of benzene rings is 2. The van der Waals surface area contributed by atoms with Crippen LogP contribution in [0.1, 0.15) is 49.9 Å². The molecule has 2 atom stereocenters. The van der Waals surface area contributed by atoms with Gasteiger partial charge in [0.1, 0.15) is 12.2 Å². The van der Waals surface area contributed by atoms with Crippen molar-refractivity contribution in [1.29, 1.82) is 0 Å². The van der Waals surface area contributed by atoms with Crippen LogP contribution in [0.2, 0.25) is 0 Å². The first-order valence-electron chi connectivity index (χ1n) is 13.1. The van der Waals surface area contributed by atoms with Crippen LogP contribution in [0, 0.1) is 0 Å². The highest BCUT2D eigenvalue weighted by Gasteiger charge is 2.40. The van der Waals surface area contributed by atoms with Crippen LogP contribution in [0.15, 0.2) is 72.9 Å². The lowest BCUT2D eigenvalue weighted by Gasteiger charge is -2.43. The van der Waals surface area contributed by atoms with E-state index in [1.54, 1.807) is 11.1 Å². The zero-order valence-corrected chi connectivity index (χ0v) is 21.9. The largest absolute Gasteiger partial charge is 0.448 e. The number of carbonyl (C=O) groups excluding carboxylic acids is 2. The third-order valence-corrected chi connectivity index (χ3v) is 7.41. The van der Waals surface area contributed by atoms with Gasteiger partial charge in [-0.2, -0.15) is 0 Å². The number of nitrogens with zero attached hydrogens (tertiary/aromatic N) is 2. The number of amides is 1. The number of hydrogen-bond donors (Lipinski definition) is 0. The number of morpholine rings is 1. The van der Waals surface area contributed by atoms with E-state index in [4.69, 9.17) is 14.2 Å². The maximum Gasteiger partial charge on any atom is 0.418 e. The summed E-state index contributed by atoms with van der Waals surface area (Å²) in [6, 6.07) is 19.9. The van der Waals surface area contributed by atoms with Crippen molar-refractivity contribution in [3.8, 4) is 11.1 Å². The number of carbonyl (C=O) groups is 2. The Bertz CT molecular complexity index is 1370. The molecule has 0 radical (unpaired) electrons. The maximum absolute atomic E-state index is 13.5. The van der Waals surface area contributed by atoms with Gasteiger partial charge in [0.2, 0.25) is 0 Å². The molecule has 0 spiro atoms. The summed E-state index contributed by atoms with van der Waals surface area (Å²) in [6.07, 6.45) is 3.55. The molecule has 0 saturated carbocycles. The van der Waals surface area contributed by atoms with Crippen LogP contribution >= 0.6 is 0 Å². The molecule has 2 unspecified atom stereocenters. The zero-order valence-electron chi connectivity index (χ0n) is 21.9. The molecule has 196 valence electrons. The van der Waals surface area contributed by atoms with E-state index in [1.165, 1.54) is 26.8 Å². The van der Waals surface area contributed by atoms with Crippen molar-refractivity contribution in [2.75, 3.05) is 19.8 Å². The molecule has 3 heterocycles. The van der Waals surface area contributed by atoms with Gasteiger partial charge in [0, 0.05) is 12.1 Å². The van der Waals surface area contributed by atoms with Crippen molar-refractivity contribution >= 4 is 17.8 Å². The Morgan fingerprint density at radius 2 is 1.61 bits per heavy atom. The van der Waals surface area contributed by atoms with E-state index in [0.29, 0.717) is 19.6 Å². The van der Waals surface area contributed by atoms with E-state index in [-0.39, 0.29) is 30.7 Å². The Balaban J connectivity index is 1.20. The molecule has 7 heteroatoms. The Morgan fingerprint density at radius 1 is 0.921 bits per heavy atom. The van der Waals surface area contributed by atoms with E-state index in [9.17, 15) is 9.59 Å². The second-order valence-corrected chi connectivity index (χ2v) is 11.1. The second-order valence-electron chi connectivity index (χ2n) is 11.1. The first-order chi connectivity index (χ1) is 18.3. The van der Waals surface area contributed by atoms with Gasteiger partial charge in [-0.05, 0) is 67.2 Å². The molecular weight excluding hydrogens is 480 g/mol. The average Bonchev–Trinajstić information content (AvgIpc) is 3.49. The van der Waals surface area contributed by atoms with Crippen molar-refractivity contribution in [2.45, 2.75) is 50.8 Å². The van der Waals surface area contributed by atoms with E-state index >= 15 is 0 Å². The first kappa shape index (κ1) is 24.5. The fourth-order valence-electron chi connectivity index (χ4n) is 5.85. The Kier molecular flexibility index (Phi) is 6.11. The predicted octanol–water partition coefficient (Wildman–Crippen LogP) is 6.08. The highest BCUT2D eigenvalue weighted by Crippen LogP contribution is 2.44. The quantitative estimate of drug-likeness (QED) is 0.426. The Morgan fingerprint density at radius 3 is 2.26 bits per heavy atom. The van der Waals surface area contributed by atoms with Gasteiger partial charge in [-0.3, -0.25) is 9.47 Å². The van der Waals surface area contributed by atoms with Gasteiger partial charge in [-0.1, -0.05) is 54.6 Å². The number of aromatic nitrogens is 1. The fraction of sp³-hybridized carbons (Fsp3) is 0.355. The lowest BCUT2D eigenvalue weighted by Crippen LogP contribution is -2.56. The Hall–Kier alpha value is -3.84. The first-order valence-corrected chi connectivity index (χ1v) is 13.1. The van der Waals surface area contributed by atoms with Gasteiger partial charge < -0.3 is 14.2 Å². The summed E-state index contributed by atoms with van der Waals surface area (Å²) < 4.78 is 18.9. The van der Waals surface area contributed by atoms with Crippen molar-refractivity contribution in [1.82, 2.24) is 9.47 Å². The van der Waals surface area contributed by atoms with Crippen LogP contribution in [0.4, 0.5) is 9.59 Å². The molecule has 6 rings (SSSR count). The van der Waals surface area contributed by atoms with Crippen LogP contribution in [0.5, 0.6) is 0 Å². The molecule has 38 heavy (non-hydrogen) atoms. The molecule has 2 bridgehead atoms. The maximum atomic E-state index is 13.5. The average molecular weight is 513 g/mol. The lowest BCUT2D eigenvalue weighted by atomic mass is 9.92. The summed E-state index contributed by atoms with van der Waals surface area (Å²) in [4.78, 5) is 28.1. The Labute approximate surface area is 222 Å². The summed E-state index contributed by atoms with van der Waals surface area (Å²) in [7, 11) is 0. The molecule has 3 aliphatic rings. The topological polar surface area (TPSA) is 70.0 Å². The van der Waals surface area contributed by atoms with Crippen molar-refractivity contribution in [3.63, 3.8) is 0 Å². The van der Waals surface area contributed by atoms with E-state index in [1.807, 2.05) is 63.2 Å². The summed E-state index contributed by atoms with van der Waals surface area (Å²) in [6.45, 7) is 6.63. The summed E-state index contributed by atoms with van der Waals surface area (Å²) in [5, 5.41) is 0. The van der Waals surface area contributed by atoms with Crippen LogP contribution < -0.4 is 0 Å². The molecule has 1 aromatic heterocycles. The number of hydrogen-bond acceptors (Lipinski definition) is 5. The van der Waals surface area contributed by atoms with Gasteiger partial charge >= 0.3 is 12.2 Å². The number of ether oxygens (including phenoxy) is 3. The predicted molar refractivity (Wildman–Crippen MR) is 144 cm³/mol. The van der Waals surface area contributed by atoms with Gasteiger partial charge in [-0.25, -0.2) is 9.59 Å². The van der Waals surface area contributed by atoms with Crippen LogP contribution in [-0.4, -0.2) is 59.2 Å². The molecule has 1 aliphatic carbocycles. The molecule has 0 N–H and O–H groups in total. The van der Waals surface area contributed by atoms with Crippen LogP contribution in [0.25, 0.3) is 16.7 Å². The van der Waals surface area contributed by atoms with Gasteiger partial charge in [0.25, 0.3) is 0 Å². The smallest absolute Gasteiger partial charge is 0.418 e. The highest BCUT2D eigenvalue weighted by atomic mass is 16.6. The second kappa shape index (κ2) is 9.48. The zero-order chi connectivity index (χ0) is 26.4. The molecule has 1 saturated heterocycles. The third kappa shape index (κ3) is 4.41. The molecule has 1 fully saturated rings. The van der Waals surface area contributed by atoms with Gasteiger partial charge in [0.05, 0.1) is 31.0 Å². The van der Waals surface area contributed by atoms with Crippen molar-refractivity contribution in [3.05, 3.63) is 89.8 Å². The van der Waals surface area contributed by atoms with E-state index in [2.05, 4.69) is 24.3 Å². The van der Waals surface area contributed by atoms with Crippen molar-refractivity contribution < 1.29 is 23.8 Å². The minimum Gasteiger partial charge on any atom is -0.448 e. The molecule has 2 aliphatic heterocycles. The lowest BCUT2D eigenvalue weighted by molar-refractivity contribution is -0.0332. The fourth-order valence-corrected chi connectivity index (χ4v) is 5.85. The minimum absolute atomic E-state index is 0.00967.